The first-order valence-electron chi connectivity index (χ1n) is 8.85. The van der Waals surface area contributed by atoms with E-state index in [0.29, 0.717) is 10.5 Å². The minimum absolute atomic E-state index is 0.0955. The number of hydrogen-bond acceptors (Lipinski definition) is 9. The summed E-state index contributed by atoms with van der Waals surface area (Å²) in [6.07, 6.45) is 0. The van der Waals surface area contributed by atoms with Gasteiger partial charge in [-0.1, -0.05) is 23.9 Å². The summed E-state index contributed by atoms with van der Waals surface area (Å²) in [5.41, 5.74) is 2.32. The van der Waals surface area contributed by atoms with Gasteiger partial charge in [0.1, 0.15) is 28.5 Å². The summed E-state index contributed by atoms with van der Waals surface area (Å²) >= 11 is 2.76. The maximum absolute atomic E-state index is 12.0. The largest absolute Gasteiger partial charge is 0.497 e. The summed E-state index contributed by atoms with van der Waals surface area (Å²) < 4.78 is 11.0. The molecule has 3 aromatic rings. The Bertz CT molecular complexity index is 1040. The lowest BCUT2D eigenvalue weighted by molar-refractivity contribution is -0.143. The molecule has 0 spiro atoms. The normalized spacial score (nSPS) is 10.7. The first kappa shape index (κ1) is 21.0. The van der Waals surface area contributed by atoms with Crippen LogP contribution in [0.25, 0.3) is 21.5 Å². The molecule has 1 N–H and O–H groups in total. The van der Waals surface area contributed by atoms with Crippen molar-refractivity contribution >= 4 is 45.2 Å². The van der Waals surface area contributed by atoms with E-state index in [-0.39, 0.29) is 24.8 Å². The first-order valence-corrected chi connectivity index (χ1v) is 10.7. The maximum Gasteiger partial charge on any atom is 0.325 e. The van der Waals surface area contributed by atoms with Crippen LogP contribution in [0.3, 0.4) is 0 Å². The summed E-state index contributed by atoms with van der Waals surface area (Å²) in [5.74, 6) is 0.0705. The minimum atomic E-state index is -0.467. The molecule has 0 saturated heterocycles. The highest BCUT2D eigenvalue weighted by Crippen LogP contribution is 2.36. The zero-order valence-electron chi connectivity index (χ0n) is 16.2. The van der Waals surface area contributed by atoms with E-state index in [4.69, 9.17) is 9.47 Å². The van der Waals surface area contributed by atoms with E-state index in [1.807, 2.05) is 31.2 Å². The van der Waals surface area contributed by atoms with Gasteiger partial charge in [0.25, 0.3) is 0 Å². The number of thioether (sulfide) groups is 1. The fourth-order valence-corrected chi connectivity index (χ4v) is 4.29. The zero-order valence-corrected chi connectivity index (χ0v) is 17.9. The summed E-state index contributed by atoms with van der Waals surface area (Å²) in [6.45, 7) is 3.75. The fourth-order valence-electron chi connectivity index (χ4n) is 2.54. The number of hydrogen-bond donors (Lipinski definition) is 1. The molecule has 0 aliphatic heterocycles. The molecule has 0 saturated carbocycles. The Balaban J connectivity index is 1.78. The second-order valence-corrected chi connectivity index (χ2v) is 8.03. The van der Waals surface area contributed by atoms with E-state index in [1.165, 1.54) is 23.1 Å². The van der Waals surface area contributed by atoms with Crippen molar-refractivity contribution in [2.24, 2.45) is 0 Å². The fraction of sp³-hybridized carbons (Fsp3) is 0.316. The summed E-state index contributed by atoms with van der Waals surface area (Å²) in [4.78, 5) is 27.9. The molecule has 1 aromatic carbocycles. The number of methoxy groups -OCH3 is 1. The molecular formula is C19H20N4O4S2. The average Bonchev–Trinajstić information content (AvgIpc) is 3.12. The number of thiazole rings is 1. The molecule has 8 nitrogen and oxygen atoms in total. The monoisotopic (exact) mass is 432 g/mol. The molecular weight excluding hydrogens is 412 g/mol. The number of fused-ring (bicyclic) bond motifs is 1. The smallest absolute Gasteiger partial charge is 0.325 e. The predicted molar refractivity (Wildman–Crippen MR) is 112 cm³/mol. The van der Waals surface area contributed by atoms with Crippen LogP contribution in [0.1, 0.15) is 11.9 Å². The Morgan fingerprint density at radius 3 is 2.86 bits per heavy atom. The second kappa shape index (κ2) is 9.66. The van der Waals surface area contributed by atoms with E-state index in [2.05, 4.69) is 20.5 Å². The number of carbonyl (C=O) groups is 2. The molecule has 2 aromatic heterocycles. The molecule has 0 radical (unpaired) electrons. The molecule has 152 valence electrons. The Labute approximate surface area is 176 Å². The van der Waals surface area contributed by atoms with E-state index < -0.39 is 5.97 Å². The molecule has 2 heterocycles. The minimum Gasteiger partial charge on any atom is -0.497 e. The highest BCUT2D eigenvalue weighted by Gasteiger charge is 2.17. The Kier molecular flexibility index (Phi) is 6.99. The van der Waals surface area contributed by atoms with Crippen molar-refractivity contribution in [1.29, 1.82) is 0 Å². The van der Waals surface area contributed by atoms with Crippen molar-refractivity contribution in [2.45, 2.75) is 18.9 Å². The number of aromatic nitrogens is 3. The van der Waals surface area contributed by atoms with Crippen LogP contribution < -0.4 is 10.1 Å². The third-order valence-electron chi connectivity index (χ3n) is 3.81. The zero-order chi connectivity index (χ0) is 20.8. The maximum atomic E-state index is 12.0. The first-order chi connectivity index (χ1) is 14.0. The van der Waals surface area contributed by atoms with Gasteiger partial charge in [0, 0.05) is 5.56 Å². The third kappa shape index (κ3) is 5.21. The Morgan fingerprint density at radius 1 is 1.28 bits per heavy atom. The number of nitrogens with one attached hydrogen (secondary N) is 1. The van der Waals surface area contributed by atoms with Gasteiger partial charge in [0.2, 0.25) is 5.91 Å². The van der Waals surface area contributed by atoms with Gasteiger partial charge in [-0.3, -0.25) is 9.59 Å². The number of rotatable bonds is 8. The van der Waals surface area contributed by atoms with Gasteiger partial charge < -0.3 is 14.8 Å². The molecule has 0 fully saturated rings. The number of amides is 1. The van der Waals surface area contributed by atoms with Crippen LogP contribution in [-0.2, 0) is 14.3 Å². The standard InChI is InChI=1S/C19H20N4O4S2/c1-4-27-15(25)9-20-14(24)10-28-19-17-18(29-11(2)21-17)16(22-23-19)12-6-5-7-13(8-12)26-3/h5-8H,4,9-10H2,1-3H3,(H,20,24). The molecule has 0 atom stereocenters. The molecule has 0 aliphatic carbocycles. The van der Waals surface area contributed by atoms with Crippen LogP contribution in [0.15, 0.2) is 29.3 Å². The Hall–Kier alpha value is -2.72. The number of nitrogens with zero attached hydrogens (tertiary/aromatic N) is 3. The van der Waals surface area contributed by atoms with E-state index in [0.717, 1.165) is 26.7 Å². The van der Waals surface area contributed by atoms with Crippen LogP contribution in [0.5, 0.6) is 5.75 Å². The number of benzene rings is 1. The molecule has 10 heteroatoms. The van der Waals surface area contributed by atoms with Crippen LogP contribution in [-0.4, -0.2) is 53.1 Å². The molecule has 0 aliphatic rings. The molecule has 3 rings (SSSR count). The van der Waals surface area contributed by atoms with Gasteiger partial charge in [-0.25, -0.2) is 4.98 Å². The lowest BCUT2D eigenvalue weighted by Crippen LogP contribution is -2.31. The van der Waals surface area contributed by atoms with Gasteiger partial charge in [-0.15, -0.1) is 21.5 Å². The predicted octanol–water partition coefficient (Wildman–Crippen LogP) is 2.84. The lowest BCUT2D eigenvalue weighted by Gasteiger charge is -2.07. The van der Waals surface area contributed by atoms with Gasteiger partial charge in [-0.2, -0.15) is 0 Å². The number of carbonyl (C=O) groups excluding carboxylic acids is 2. The van der Waals surface area contributed by atoms with Crippen molar-refractivity contribution in [2.75, 3.05) is 26.0 Å². The van der Waals surface area contributed by atoms with Gasteiger partial charge in [-0.05, 0) is 26.0 Å². The summed E-state index contributed by atoms with van der Waals surface area (Å²) in [6, 6.07) is 7.60. The number of esters is 1. The van der Waals surface area contributed by atoms with Crippen molar-refractivity contribution < 1.29 is 19.1 Å². The van der Waals surface area contributed by atoms with Crippen LogP contribution in [0, 0.1) is 6.92 Å². The van der Waals surface area contributed by atoms with Crippen molar-refractivity contribution in [1.82, 2.24) is 20.5 Å². The van der Waals surface area contributed by atoms with Gasteiger partial charge in [0.05, 0.1) is 29.2 Å². The summed E-state index contributed by atoms with van der Waals surface area (Å²) in [5, 5.41) is 12.7. The van der Waals surface area contributed by atoms with E-state index in [9.17, 15) is 9.59 Å². The van der Waals surface area contributed by atoms with Crippen LogP contribution in [0.4, 0.5) is 0 Å². The third-order valence-corrected chi connectivity index (χ3v) is 5.74. The number of aryl methyl sites for hydroxylation is 1. The highest BCUT2D eigenvalue weighted by atomic mass is 32.2. The topological polar surface area (TPSA) is 103 Å². The molecule has 1 amide bonds. The van der Waals surface area contributed by atoms with Crippen LogP contribution >= 0.6 is 23.1 Å². The van der Waals surface area contributed by atoms with Gasteiger partial charge >= 0.3 is 5.97 Å². The Morgan fingerprint density at radius 2 is 2.10 bits per heavy atom. The van der Waals surface area contributed by atoms with Gasteiger partial charge in [0.15, 0.2) is 0 Å². The van der Waals surface area contributed by atoms with Crippen LogP contribution in [0.2, 0.25) is 0 Å². The second-order valence-electron chi connectivity index (χ2n) is 5.87. The van der Waals surface area contributed by atoms with Crippen molar-refractivity contribution in [3.8, 4) is 17.0 Å². The average molecular weight is 433 g/mol. The molecule has 0 bridgehead atoms. The van der Waals surface area contributed by atoms with Crippen molar-refractivity contribution in [3.05, 3.63) is 29.3 Å². The highest BCUT2D eigenvalue weighted by molar-refractivity contribution is 8.00. The summed E-state index contributed by atoms with van der Waals surface area (Å²) in [7, 11) is 1.62. The molecule has 0 unspecified atom stereocenters. The van der Waals surface area contributed by atoms with E-state index >= 15 is 0 Å². The quantitative estimate of drug-likeness (QED) is 0.428. The SMILES string of the molecule is CCOC(=O)CNC(=O)CSc1nnc(-c2cccc(OC)c2)c2sc(C)nc12. The van der Waals surface area contributed by atoms with E-state index in [1.54, 1.807) is 14.0 Å². The lowest BCUT2D eigenvalue weighted by atomic mass is 10.1. The molecule has 29 heavy (non-hydrogen) atoms. The number of ether oxygens (including phenoxy) is 2. The van der Waals surface area contributed by atoms with Crippen molar-refractivity contribution in [3.63, 3.8) is 0 Å².